The van der Waals surface area contributed by atoms with Crippen molar-refractivity contribution in [2.45, 2.75) is 75.1 Å². The molecule has 1 aliphatic rings. The molecule has 0 amide bonds. The van der Waals surface area contributed by atoms with E-state index in [0.29, 0.717) is 0 Å². The third-order valence-electron chi connectivity index (χ3n) is 9.77. The van der Waals surface area contributed by atoms with Gasteiger partial charge in [0, 0.05) is 20.1 Å². The summed E-state index contributed by atoms with van der Waals surface area (Å²) in [5.41, 5.74) is -30.2. The van der Waals surface area contributed by atoms with Crippen molar-refractivity contribution >= 4 is 28.0 Å². The maximum Gasteiger partial charge on any atom is 0.416 e. The maximum atomic E-state index is 14.2. The van der Waals surface area contributed by atoms with Gasteiger partial charge in [-0.15, -0.1) is 0 Å². The largest absolute Gasteiger partial charge is 0.416 e. The number of alkyl halides is 24. The van der Waals surface area contributed by atoms with Crippen molar-refractivity contribution < 1.29 is 125 Å². The predicted molar refractivity (Wildman–Crippen MR) is 187 cm³/mol. The number of hydrogen-bond acceptors (Lipinski definition) is 0. The quantitative estimate of drug-likeness (QED) is 0.109. The molecule has 0 saturated carbocycles. The van der Waals surface area contributed by atoms with Crippen molar-refractivity contribution in [3.8, 4) is 0 Å². The topological polar surface area (TPSA) is 0 Å². The van der Waals surface area contributed by atoms with Gasteiger partial charge in [-0.3, -0.25) is 0 Å². The molecule has 0 atom stereocenters. The van der Waals surface area contributed by atoms with E-state index in [-0.39, 0.29) is 20.1 Å². The van der Waals surface area contributed by atoms with Crippen LogP contribution in [-0.2, 0) is 69.5 Å². The molecule has 5 rings (SSSR count). The molecule has 1 radical (unpaired) electrons. The van der Waals surface area contributed by atoms with Crippen LogP contribution in [0.3, 0.4) is 0 Å². The summed E-state index contributed by atoms with van der Waals surface area (Å²) in [6.07, 6.45) is -40.8. The van der Waals surface area contributed by atoms with Crippen LogP contribution in [0, 0.1) is 0 Å². The van der Waals surface area contributed by atoms with E-state index in [4.69, 9.17) is 0 Å². The van der Waals surface area contributed by atoms with E-state index in [1.54, 1.807) is 0 Å². The first kappa shape index (κ1) is 55.7. The number of rotatable bonds is 4. The number of benzene rings is 4. The van der Waals surface area contributed by atoms with Gasteiger partial charge in [-0.25, -0.2) is 0 Å². The SMILES string of the molecule is C1=CCC/C=C\CC1.FC(F)(F)c1cc([B-](c2cc(C(F)(F)F)cc(C(F)(F)F)c2)(c2cc(C(F)(F)F)cc(C(F)(F)F)c2)c2cc(C(F)(F)F)cc(C(F)(F)F)c2)cc(C(F)(F)F)c1.[Ir]. The first-order chi connectivity index (χ1) is 29.3. The standard InChI is InChI=1S/C32H12BF24.C8H12.Ir/c34-25(35,36)13-1-14(26(37,38)39)6-21(5-13)33(22-7-15(27(40,41)42)2-16(8-22)28(43,44)45,23-9-17(29(46,47)48)3-18(10-23)30(49,50)51)24-11-19(31(52,53)54)4-20(12-24)32(55,56)57;1-2-4-6-8-7-5-3-1;/h1-12H;1-2,7-8H,3-6H2;/q-1;;/b;2-1-,8-7?;. The molecular weight excluding hydrogens is 1140 g/mol. The Morgan fingerprint density at radius 2 is 0.348 bits per heavy atom. The molecule has 66 heavy (non-hydrogen) atoms. The van der Waals surface area contributed by atoms with E-state index in [9.17, 15) is 105 Å². The first-order valence-electron chi connectivity index (χ1n) is 17.9. The van der Waals surface area contributed by atoms with E-state index in [1.807, 2.05) is 0 Å². The van der Waals surface area contributed by atoms with Crippen LogP contribution in [0.25, 0.3) is 0 Å². The molecule has 0 unspecified atom stereocenters. The summed E-state index contributed by atoms with van der Waals surface area (Å²) in [4.78, 5) is 0. The van der Waals surface area contributed by atoms with Crippen LogP contribution in [0.15, 0.2) is 97.1 Å². The van der Waals surface area contributed by atoms with Crippen molar-refractivity contribution in [2.24, 2.45) is 0 Å². The van der Waals surface area contributed by atoms with Crippen molar-refractivity contribution in [1.29, 1.82) is 0 Å². The second-order valence-electron chi connectivity index (χ2n) is 14.3. The van der Waals surface area contributed by atoms with Crippen LogP contribution in [0.1, 0.15) is 70.2 Å². The molecule has 4 aromatic carbocycles. The fourth-order valence-electron chi connectivity index (χ4n) is 6.93. The van der Waals surface area contributed by atoms with Gasteiger partial charge in [0.2, 0.25) is 0 Å². The van der Waals surface area contributed by atoms with Gasteiger partial charge in [-0.2, -0.15) is 127 Å². The van der Waals surface area contributed by atoms with Gasteiger partial charge in [0.05, 0.1) is 44.5 Å². The molecule has 26 heteroatoms. The summed E-state index contributed by atoms with van der Waals surface area (Å²) in [6.45, 7) is 0. The van der Waals surface area contributed by atoms with Crippen molar-refractivity contribution in [3.05, 3.63) is 142 Å². The summed E-state index contributed by atoms with van der Waals surface area (Å²) in [6, 6.07) is -8.81. The van der Waals surface area contributed by atoms with Gasteiger partial charge in [0.1, 0.15) is 6.15 Å². The smallest absolute Gasteiger partial charge is 0.194 e. The molecule has 1 aliphatic carbocycles. The fraction of sp³-hybridized carbons (Fsp3) is 0.300. The maximum absolute atomic E-state index is 14.2. The summed E-state index contributed by atoms with van der Waals surface area (Å²) < 4.78 is 341. The van der Waals surface area contributed by atoms with Gasteiger partial charge < -0.3 is 0 Å². The Balaban J connectivity index is 0.00000116. The Bertz CT molecular complexity index is 1920. The van der Waals surface area contributed by atoms with Crippen LogP contribution < -0.4 is 21.9 Å². The van der Waals surface area contributed by atoms with Crippen LogP contribution in [-0.4, -0.2) is 6.15 Å². The monoisotopic (exact) mass is 1160 g/mol. The Morgan fingerprint density at radius 3 is 0.455 bits per heavy atom. The summed E-state index contributed by atoms with van der Waals surface area (Å²) in [5, 5.41) is 0. The van der Waals surface area contributed by atoms with Crippen LogP contribution >= 0.6 is 0 Å². The van der Waals surface area contributed by atoms with Gasteiger partial charge in [-0.05, 0) is 49.9 Å². The van der Waals surface area contributed by atoms with Gasteiger partial charge in [0.25, 0.3) is 0 Å². The summed E-state index contributed by atoms with van der Waals surface area (Å²) >= 11 is 0. The van der Waals surface area contributed by atoms with Crippen molar-refractivity contribution in [1.82, 2.24) is 0 Å². The van der Waals surface area contributed by atoms with E-state index >= 15 is 0 Å². The fourth-order valence-corrected chi connectivity index (χ4v) is 6.93. The number of hydrogen-bond donors (Lipinski definition) is 0. The zero-order valence-corrected chi connectivity index (χ0v) is 34.4. The van der Waals surface area contributed by atoms with E-state index in [1.165, 1.54) is 25.7 Å². The van der Waals surface area contributed by atoms with Crippen LogP contribution in [0.5, 0.6) is 0 Å². The van der Waals surface area contributed by atoms with Gasteiger partial charge in [-0.1, -0.05) is 72.8 Å². The third kappa shape index (κ3) is 13.3. The van der Waals surface area contributed by atoms with Crippen LogP contribution in [0.4, 0.5) is 105 Å². The van der Waals surface area contributed by atoms with Crippen LogP contribution in [0.2, 0.25) is 0 Å². The Hall–Kier alpha value is -4.61. The molecule has 0 spiro atoms. The van der Waals surface area contributed by atoms with Crippen molar-refractivity contribution in [2.75, 3.05) is 0 Å². The van der Waals surface area contributed by atoms with E-state index in [0.717, 1.165) is 0 Å². The van der Waals surface area contributed by atoms with Gasteiger partial charge in [0.15, 0.2) is 0 Å². The normalized spacial score (nSPS) is 15.3. The average Bonchev–Trinajstić information content (AvgIpc) is 3.12. The molecule has 0 aliphatic heterocycles. The molecule has 0 nitrogen and oxygen atoms in total. The minimum absolute atomic E-state index is 0. The second kappa shape index (κ2) is 19.2. The molecule has 365 valence electrons. The molecule has 0 fully saturated rings. The van der Waals surface area contributed by atoms with E-state index < -0.39 is 195 Å². The molecule has 0 aromatic heterocycles. The third-order valence-corrected chi connectivity index (χ3v) is 9.77. The van der Waals surface area contributed by atoms with Gasteiger partial charge >= 0.3 is 49.4 Å². The summed E-state index contributed by atoms with van der Waals surface area (Å²) in [7, 11) is 0. The molecule has 4 aromatic rings. The number of halogens is 24. The minimum atomic E-state index is -6.13. The molecule has 0 heterocycles. The molecule has 0 bridgehead atoms. The predicted octanol–water partition coefficient (Wildman–Crippen LogP) is 13.9. The molecule has 0 saturated heterocycles. The molecular formula is C40H24BF24Ir-. The first-order valence-corrected chi connectivity index (χ1v) is 17.9. The van der Waals surface area contributed by atoms with Crippen molar-refractivity contribution in [3.63, 3.8) is 0 Å². The second-order valence-corrected chi connectivity index (χ2v) is 14.3. The number of allylic oxidation sites excluding steroid dienone is 4. The minimum Gasteiger partial charge on any atom is -0.194 e. The zero-order chi connectivity index (χ0) is 49.6. The summed E-state index contributed by atoms with van der Waals surface area (Å²) in [5.74, 6) is 0. The average molecular weight is 1160 g/mol. The Morgan fingerprint density at radius 1 is 0.227 bits per heavy atom. The Kier molecular flexibility index (Phi) is 16.2. The Labute approximate surface area is 369 Å². The van der Waals surface area contributed by atoms with E-state index in [2.05, 4.69) is 24.3 Å². The molecule has 0 N–H and O–H groups in total. The zero-order valence-electron chi connectivity index (χ0n) is 32.0.